The van der Waals surface area contributed by atoms with Crippen molar-refractivity contribution in [2.75, 3.05) is 4.43 Å². The van der Waals surface area contributed by atoms with Crippen LogP contribution in [0.25, 0.3) is 0 Å². The summed E-state index contributed by atoms with van der Waals surface area (Å²) in [6, 6.07) is 0. The second-order valence-corrected chi connectivity index (χ2v) is 3.15. The maximum Gasteiger partial charge on any atom is 0.142 e. The molecule has 0 aromatic rings. The summed E-state index contributed by atoms with van der Waals surface area (Å²) in [5.74, 6) is 0.956. The first kappa shape index (κ1) is 9.40. The zero-order valence-electron chi connectivity index (χ0n) is 5.98. The summed E-state index contributed by atoms with van der Waals surface area (Å²) in [6.07, 6.45) is 1.88. The monoisotopic (exact) mass is 240 g/mol. The smallest absolute Gasteiger partial charge is 0.142 e. The normalized spacial score (nSPS) is 13.2. The average molecular weight is 240 g/mol. The molecule has 0 aliphatic carbocycles. The molecule has 0 N–H and O–H groups in total. The minimum Gasteiger partial charge on any atom is -0.299 e. The van der Waals surface area contributed by atoms with Crippen LogP contribution in [0, 0.1) is 5.92 Å². The Hall–Kier alpha value is 0.400. The molecule has 0 heterocycles. The van der Waals surface area contributed by atoms with Gasteiger partial charge >= 0.3 is 0 Å². The molecule has 0 aromatic heterocycles. The summed E-state index contributed by atoms with van der Waals surface area (Å²) < 4.78 is 0.669. The van der Waals surface area contributed by atoms with Crippen molar-refractivity contribution in [1.29, 1.82) is 0 Å². The SMILES string of the molecule is CCC(C)CC(=O)CI. The van der Waals surface area contributed by atoms with Crippen molar-refractivity contribution in [2.24, 2.45) is 5.92 Å². The Balaban J connectivity index is 3.34. The molecule has 0 spiro atoms. The van der Waals surface area contributed by atoms with Gasteiger partial charge in [0.25, 0.3) is 0 Å². The van der Waals surface area contributed by atoms with Gasteiger partial charge < -0.3 is 0 Å². The average Bonchev–Trinajstić information content (AvgIpc) is 1.87. The van der Waals surface area contributed by atoms with Crippen LogP contribution in [0.15, 0.2) is 0 Å². The van der Waals surface area contributed by atoms with Crippen LogP contribution in [0.3, 0.4) is 0 Å². The third-order valence-corrected chi connectivity index (χ3v) is 2.27. The molecule has 0 aliphatic heterocycles. The lowest BCUT2D eigenvalue weighted by molar-refractivity contribution is -0.117. The quantitative estimate of drug-likeness (QED) is 0.544. The molecule has 0 radical (unpaired) electrons. The van der Waals surface area contributed by atoms with Crippen LogP contribution in [0.2, 0.25) is 0 Å². The highest BCUT2D eigenvalue weighted by Crippen LogP contribution is 2.07. The molecule has 0 saturated carbocycles. The predicted molar refractivity (Wildman–Crippen MR) is 48.0 cm³/mol. The van der Waals surface area contributed by atoms with Gasteiger partial charge in [-0.05, 0) is 5.92 Å². The minimum atomic E-state index is 0.380. The first-order valence-electron chi connectivity index (χ1n) is 3.28. The van der Waals surface area contributed by atoms with E-state index in [-0.39, 0.29) is 0 Å². The maximum absolute atomic E-state index is 10.8. The van der Waals surface area contributed by atoms with E-state index < -0.39 is 0 Å². The topological polar surface area (TPSA) is 17.1 Å². The molecule has 9 heavy (non-hydrogen) atoms. The molecule has 0 aromatic carbocycles. The van der Waals surface area contributed by atoms with Crippen LogP contribution in [-0.4, -0.2) is 10.2 Å². The molecule has 54 valence electrons. The number of Topliss-reactive ketones (excluding diaryl/α,β-unsaturated/α-hetero) is 1. The number of hydrogen-bond acceptors (Lipinski definition) is 1. The minimum absolute atomic E-state index is 0.380. The Morgan fingerprint density at radius 2 is 2.22 bits per heavy atom. The lowest BCUT2D eigenvalue weighted by Gasteiger charge is -2.03. The van der Waals surface area contributed by atoms with Gasteiger partial charge in [-0.15, -0.1) is 0 Å². The molecule has 0 amide bonds. The molecule has 0 aliphatic rings. The first-order valence-corrected chi connectivity index (χ1v) is 4.81. The molecular weight excluding hydrogens is 227 g/mol. The second-order valence-electron chi connectivity index (χ2n) is 2.39. The molecule has 0 fully saturated rings. The zero-order valence-corrected chi connectivity index (χ0v) is 8.14. The molecule has 0 saturated heterocycles. The summed E-state index contributed by atoms with van der Waals surface area (Å²) in [7, 11) is 0. The Morgan fingerprint density at radius 1 is 1.67 bits per heavy atom. The molecular formula is C7H13IO. The van der Waals surface area contributed by atoms with Gasteiger partial charge in [-0.25, -0.2) is 0 Å². The van der Waals surface area contributed by atoms with Crippen LogP contribution in [0.4, 0.5) is 0 Å². The number of ketones is 1. The van der Waals surface area contributed by atoms with Crippen molar-refractivity contribution in [2.45, 2.75) is 26.7 Å². The number of alkyl halides is 1. The van der Waals surface area contributed by atoms with E-state index in [1.807, 2.05) is 0 Å². The van der Waals surface area contributed by atoms with Gasteiger partial charge in [-0.1, -0.05) is 42.9 Å². The van der Waals surface area contributed by atoms with Crippen LogP contribution >= 0.6 is 22.6 Å². The van der Waals surface area contributed by atoms with E-state index in [1.165, 1.54) is 0 Å². The summed E-state index contributed by atoms with van der Waals surface area (Å²) in [5.41, 5.74) is 0. The molecule has 1 nitrogen and oxygen atoms in total. The van der Waals surface area contributed by atoms with Crippen LogP contribution < -0.4 is 0 Å². The Morgan fingerprint density at radius 3 is 2.56 bits per heavy atom. The number of halogens is 1. The predicted octanol–water partition coefficient (Wildman–Crippen LogP) is 2.43. The highest BCUT2D eigenvalue weighted by atomic mass is 127. The van der Waals surface area contributed by atoms with E-state index in [1.54, 1.807) is 0 Å². The molecule has 1 unspecified atom stereocenters. The standard InChI is InChI=1S/C7H13IO/c1-3-6(2)4-7(9)5-8/h6H,3-5H2,1-2H3. The van der Waals surface area contributed by atoms with Crippen molar-refractivity contribution < 1.29 is 4.79 Å². The van der Waals surface area contributed by atoms with Gasteiger partial charge in [-0.3, -0.25) is 4.79 Å². The van der Waals surface area contributed by atoms with Gasteiger partial charge in [0, 0.05) is 6.42 Å². The van der Waals surface area contributed by atoms with Crippen molar-refractivity contribution in [3.63, 3.8) is 0 Å². The van der Waals surface area contributed by atoms with E-state index in [9.17, 15) is 4.79 Å². The van der Waals surface area contributed by atoms with Crippen molar-refractivity contribution in [3.8, 4) is 0 Å². The van der Waals surface area contributed by atoms with Crippen molar-refractivity contribution in [1.82, 2.24) is 0 Å². The highest BCUT2D eigenvalue weighted by molar-refractivity contribution is 14.1. The maximum atomic E-state index is 10.8. The van der Waals surface area contributed by atoms with Crippen molar-refractivity contribution >= 4 is 28.4 Å². The summed E-state index contributed by atoms with van der Waals surface area (Å²) in [6.45, 7) is 4.23. The molecule has 1 atom stereocenters. The van der Waals surface area contributed by atoms with Crippen molar-refractivity contribution in [3.05, 3.63) is 0 Å². The van der Waals surface area contributed by atoms with E-state index >= 15 is 0 Å². The van der Waals surface area contributed by atoms with Gasteiger partial charge in [0.15, 0.2) is 0 Å². The van der Waals surface area contributed by atoms with Crippen LogP contribution in [-0.2, 0) is 4.79 Å². The second kappa shape index (κ2) is 5.21. The van der Waals surface area contributed by atoms with E-state index in [0.29, 0.717) is 16.1 Å². The fourth-order valence-corrected chi connectivity index (χ4v) is 0.899. The number of carbonyl (C=O) groups excluding carboxylic acids is 1. The lowest BCUT2D eigenvalue weighted by Crippen LogP contribution is -2.04. The molecule has 2 heteroatoms. The van der Waals surface area contributed by atoms with E-state index in [2.05, 4.69) is 36.4 Å². The summed E-state index contributed by atoms with van der Waals surface area (Å²) >= 11 is 2.11. The Bertz CT molecular complexity index is 90.9. The van der Waals surface area contributed by atoms with Gasteiger partial charge in [0.1, 0.15) is 5.78 Å². The first-order chi connectivity index (χ1) is 4.20. The summed E-state index contributed by atoms with van der Waals surface area (Å²) in [4.78, 5) is 10.8. The molecule has 0 bridgehead atoms. The third kappa shape index (κ3) is 4.88. The van der Waals surface area contributed by atoms with Crippen LogP contribution in [0.5, 0.6) is 0 Å². The third-order valence-electron chi connectivity index (χ3n) is 1.42. The fraction of sp³-hybridized carbons (Fsp3) is 0.857. The Kier molecular flexibility index (Phi) is 5.44. The van der Waals surface area contributed by atoms with E-state index in [4.69, 9.17) is 0 Å². The zero-order chi connectivity index (χ0) is 7.28. The summed E-state index contributed by atoms with van der Waals surface area (Å²) in [5, 5.41) is 0. The molecule has 0 rings (SSSR count). The number of hydrogen-bond donors (Lipinski definition) is 0. The fourth-order valence-electron chi connectivity index (χ4n) is 0.588. The Labute approximate surface area is 70.4 Å². The van der Waals surface area contributed by atoms with E-state index in [0.717, 1.165) is 12.8 Å². The van der Waals surface area contributed by atoms with Crippen LogP contribution in [0.1, 0.15) is 26.7 Å². The number of carbonyl (C=O) groups is 1. The largest absolute Gasteiger partial charge is 0.299 e. The highest BCUT2D eigenvalue weighted by Gasteiger charge is 2.04. The van der Waals surface area contributed by atoms with Gasteiger partial charge in [0.2, 0.25) is 0 Å². The lowest BCUT2D eigenvalue weighted by atomic mass is 10.0. The van der Waals surface area contributed by atoms with Gasteiger partial charge in [-0.2, -0.15) is 0 Å². The van der Waals surface area contributed by atoms with Gasteiger partial charge in [0.05, 0.1) is 4.43 Å². The number of rotatable bonds is 4.